The fraction of sp³-hybridized carbons (Fsp3) is 0.781. The zero-order valence-corrected chi connectivity index (χ0v) is 27.7. The van der Waals surface area contributed by atoms with Gasteiger partial charge in [0, 0.05) is 6.42 Å². The number of quaternary nitrogens is 1. The molecular weight excluding hydrogens is 539 g/mol. The van der Waals surface area contributed by atoms with Gasteiger partial charge in [0.15, 0.2) is 0 Å². The molecule has 0 aliphatic heterocycles. The van der Waals surface area contributed by atoms with E-state index in [1.165, 1.54) is 44.9 Å². The summed E-state index contributed by atoms with van der Waals surface area (Å²) in [5.41, 5.74) is 0. The van der Waals surface area contributed by atoms with E-state index in [0.29, 0.717) is 17.4 Å². The van der Waals surface area contributed by atoms with Crippen LogP contribution in [0.25, 0.3) is 0 Å². The molecule has 0 spiro atoms. The Labute approximate surface area is 251 Å². The number of unbranched alkanes of at least 4 members (excludes halogenated alkanes) is 10. The molecule has 0 bridgehead atoms. The van der Waals surface area contributed by atoms with Gasteiger partial charge in [-0.1, -0.05) is 95.2 Å². The predicted molar refractivity (Wildman–Crippen MR) is 171 cm³/mol. The number of rotatable bonds is 27. The molecule has 240 valence electrons. The molecule has 0 aromatic heterocycles. The number of nitrogens with one attached hydrogen (secondary N) is 1. The molecule has 3 atom stereocenters. The van der Waals surface area contributed by atoms with Crippen LogP contribution >= 0.6 is 7.82 Å². The average molecular weight is 602 g/mol. The number of carbonyl (C=O) groups is 1. The van der Waals surface area contributed by atoms with Crippen molar-refractivity contribution in [3.63, 3.8) is 0 Å². The largest absolute Gasteiger partial charge is 0.472 e. The van der Waals surface area contributed by atoms with Crippen LogP contribution in [0.3, 0.4) is 0 Å². The minimum atomic E-state index is -4.32. The number of phosphoric acid groups is 1. The van der Waals surface area contributed by atoms with Crippen molar-refractivity contribution in [1.82, 2.24) is 5.32 Å². The smallest absolute Gasteiger partial charge is 0.387 e. The van der Waals surface area contributed by atoms with Crippen molar-refractivity contribution < 1.29 is 32.9 Å². The number of nitrogens with zero attached hydrogens (tertiary/aromatic N) is 1. The molecule has 3 N–H and O–H groups in total. The lowest BCUT2D eigenvalue weighted by molar-refractivity contribution is -0.870. The van der Waals surface area contributed by atoms with Crippen LogP contribution < -0.4 is 5.32 Å². The van der Waals surface area contributed by atoms with E-state index in [2.05, 4.69) is 43.5 Å². The van der Waals surface area contributed by atoms with E-state index in [9.17, 15) is 19.4 Å². The second-order valence-electron chi connectivity index (χ2n) is 11.8. The van der Waals surface area contributed by atoms with E-state index in [4.69, 9.17) is 9.05 Å². The first kappa shape index (κ1) is 39.7. The topological polar surface area (TPSA) is 105 Å². The molecule has 9 heteroatoms. The molecule has 0 heterocycles. The van der Waals surface area contributed by atoms with Gasteiger partial charge in [0.2, 0.25) is 5.91 Å². The highest BCUT2D eigenvalue weighted by Crippen LogP contribution is 2.43. The van der Waals surface area contributed by atoms with Crippen LogP contribution in [-0.2, 0) is 18.4 Å². The van der Waals surface area contributed by atoms with Crippen LogP contribution in [0.4, 0.5) is 0 Å². The molecule has 0 aliphatic carbocycles. The number of phosphoric ester groups is 1. The Morgan fingerprint density at radius 2 is 1.34 bits per heavy atom. The van der Waals surface area contributed by atoms with Gasteiger partial charge in [-0.2, -0.15) is 0 Å². The Bertz CT molecular complexity index is 779. The van der Waals surface area contributed by atoms with Gasteiger partial charge < -0.3 is 19.8 Å². The number of likely N-dealkylation sites (N-methyl/N-ethyl adjacent to an activating group) is 1. The lowest BCUT2D eigenvalue weighted by Crippen LogP contribution is -2.45. The minimum absolute atomic E-state index is 0.0524. The molecule has 41 heavy (non-hydrogen) atoms. The SMILES string of the molecule is CCCCCCCC/C=C/CC/C=C/CC/C=C/C(O)C(COP(=O)(O)OCC[N+](C)(C)C)NC(=O)CCCCC. The summed E-state index contributed by atoms with van der Waals surface area (Å²) in [4.78, 5) is 22.4. The van der Waals surface area contributed by atoms with E-state index in [1.54, 1.807) is 6.08 Å². The second-order valence-corrected chi connectivity index (χ2v) is 13.3. The first-order chi connectivity index (χ1) is 19.5. The Morgan fingerprint density at radius 1 is 0.805 bits per heavy atom. The highest BCUT2D eigenvalue weighted by Gasteiger charge is 2.27. The maximum atomic E-state index is 12.4. The van der Waals surface area contributed by atoms with E-state index < -0.39 is 20.0 Å². The lowest BCUT2D eigenvalue weighted by atomic mass is 10.1. The summed E-state index contributed by atoms with van der Waals surface area (Å²) in [6.45, 7) is 4.55. The summed E-state index contributed by atoms with van der Waals surface area (Å²) < 4.78 is 23.1. The van der Waals surface area contributed by atoms with Gasteiger partial charge in [-0.05, 0) is 44.9 Å². The average Bonchev–Trinajstić information content (AvgIpc) is 2.90. The zero-order valence-electron chi connectivity index (χ0n) is 26.8. The van der Waals surface area contributed by atoms with Crippen molar-refractivity contribution in [2.75, 3.05) is 40.9 Å². The molecule has 0 rings (SSSR count). The van der Waals surface area contributed by atoms with Gasteiger partial charge in [0.25, 0.3) is 0 Å². The van der Waals surface area contributed by atoms with E-state index in [1.807, 2.05) is 27.2 Å². The normalized spacial score (nSPS) is 15.6. The van der Waals surface area contributed by atoms with Crippen molar-refractivity contribution in [3.05, 3.63) is 36.5 Å². The first-order valence-corrected chi connectivity index (χ1v) is 17.4. The van der Waals surface area contributed by atoms with Gasteiger partial charge >= 0.3 is 7.82 Å². The molecule has 8 nitrogen and oxygen atoms in total. The lowest BCUT2D eigenvalue weighted by Gasteiger charge is -2.25. The molecule has 1 amide bonds. The second kappa shape index (κ2) is 25.2. The molecule has 0 radical (unpaired) electrons. The molecule has 0 saturated carbocycles. The quantitative estimate of drug-likeness (QED) is 0.0397. The van der Waals surface area contributed by atoms with Crippen LogP contribution in [0.5, 0.6) is 0 Å². The molecule has 3 unspecified atom stereocenters. The van der Waals surface area contributed by atoms with Gasteiger partial charge in [0.1, 0.15) is 13.2 Å². The monoisotopic (exact) mass is 601 g/mol. The molecule has 0 aromatic rings. The summed E-state index contributed by atoms with van der Waals surface area (Å²) >= 11 is 0. The van der Waals surface area contributed by atoms with Crippen molar-refractivity contribution in [1.29, 1.82) is 0 Å². The number of amides is 1. The van der Waals surface area contributed by atoms with Crippen LogP contribution in [0.15, 0.2) is 36.5 Å². The van der Waals surface area contributed by atoms with Gasteiger partial charge in [-0.25, -0.2) is 4.57 Å². The number of allylic oxidation sites excluding steroid dienone is 5. The summed E-state index contributed by atoms with van der Waals surface area (Å²) in [5.74, 6) is -0.220. The summed E-state index contributed by atoms with van der Waals surface area (Å²) in [5, 5.41) is 13.5. The zero-order chi connectivity index (χ0) is 30.8. The van der Waals surface area contributed by atoms with E-state index in [-0.39, 0.29) is 19.1 Å². The Kier molecular flexibility index (Phi) is 24.5. The van der Waals surface area contributed by atoms with Crippen LogP contribution in [0, 0.1) is 0 Å². The Morgan fingerprint density at radius 3 is 1.95 bits per heavy atom. The van der Waals surface area contributed by atoms with Crippen LogP contribution in [0.2, 0.25) is 0 Å². The number of hydrogen-bond acceptors (Lipinski definition) is 5. The van der Waals surface area contributed by atoms with Crippen molar-refractivity contribution in [3.8, 4) is 0 Å². The Hall–Kier alpha value is -1.28. The fourth-order valence-electron chi connectivity index (χ4n) is 3.95. The summed E-state index contributed by atoms with van der Waals surface area (Å²) in [6, 6.07) is -0.860. The van der Waals surface area contributed by atoms with Gasteiger partial charge in [-0.3, -0.25) is 13.8 Å². The molecule has 0 aromatic carbocycles. The third-order valence-electron chi connectivity index (χ3n) is 6.59. The standard InChI is InChI=1S/C32H61N2O6P/c1-6-8-10-11-12-13-14-15-16-17-18-19-20-21-22-24-25-31(35)30(33-32(36)26-23-9-7-2)29-40-41(37,38)39-28-27-34(3,4)5/h15-16,19-20,24-25,30-31,35H,6-14,17-18,21-23,26-29H2,1-5H3,(H-,33,36,37,38)/p+1/b16-15+,20-19+,25-24+. The maximum Gasteiger partial charge on any atom is 0.472 e. The van der Waals surface area contributed by atoms with E-state index in [0.717, 1.165) is 44.9 Å². The third-order valence-corrected chi connectivity index (χ3v) is 7.57. The van der Waals surface area contributed by atoms with Crippen molar-refractivity contribution in [2.45, 2.75) is 122 Å². The first-order valence-electron chi connectivity index (χ1n) is 15.9. The summed E-state index contributed by atoms with van der Waals surface area (Å²) in [7, 11) is 1.53. The van der Waals surface area contributed by atoms with E-state index >= 15 is 0 Å². The molecular formula is C32H62N2O6P+. The number of aliphatic hydroxyl groups is 1. The minimum Gasteiger partial charge on any atom is -0.387 e. The highest BCUT2D eigenvalue weighted by molar-refractivity contribution is 7.47. The van der Waals surface area contributed by atoms with Crippen LogP contribution in [-0.4, -0.2) is 73.4 Å². The maximum absolute atomic E-state index is 12.4. The number of hydrogen-bond donors (Lipinski definition) is 3. The highest BCUT2D eigenvalue weighted by atomic mass is 31.2. The van der Waals surface area contributed by atoms with Gasteiger partial charge in [-0.15, -0.1) is 0 Å². The molecule has 0 saturated heterocycles. The molecule has 0 aliphatic rings. The summed E-state index contributed by atoms with van der Waals surface area (Å²) in [6.07, 6.45) is 27.1. The van der Waals surface area contributed by atoms with Gasteiger partial charge in [0.05, 0.1) is 39.9 Å². The van der Waals surface area contributed by atoms with Crippen LogP contribution in [0.1, 0.15) is 110 Å². The van der Waals surface area contributed by atoms with Crippen molar-refractivity contribution in [2.24, 2.45) is 0 Å². The van der Waals surface area contributed by atoms with Crippen molar-refractivity contribution >= 4 is 13.7 Å². The fourth-order valence-corrected chi connectivity index (χ4v) is 4.69. The predicted octanol–water partition coefficient (Wildman–Crippen LogP) is 7.23. The number of carbonyl (C=O) groups excluding carboxylic acids is 1. The third kappa shape index (κ3) is 27.3. The number of aliphatic hydroxyl groups excluding tert-OH is 1. The molecule has 0 fully saturated rings. The Balaban J connectivity index is 4.52.